The van der Waals surface area contributed by atoms with Crippen molar-refractivity contribution in [1.82, 2.24) is 4.90 Å². The summed E-state index contributed by atoms with van der Waals surface area (Å²) in [6.07, 6.45) is 3.93. The highest BCUT2D eigenvalue weighted by molar-refractivity contribution is 5.78. The van der Waals surface area contributed by atoms with Crippen molar-refractivity contribution in [3.63, 3.8) is 0 Å². The molecule has 6 heteroatoms. The van der Waals surface area contributed by atoms with Crippen molar-refractivity contribution in [2.45, 2.75) is 56.7 Å². The van der Waals surface area contributed by atoms with Gasteiger partial charge in [-0.15, -0.1) is 0 Å². The van der Waals surface area contributed by atoms with Gasteiger partial charge in [0.05, 0.1) is 12.5 Å². The lowest BCUT2D eigenvalue weighted by Crippen LogP contribution is -2.48. The number of rotatable bonds is 6. The van der Waals surface area contributed by atoms with E-state index in [4.69, 9.17) is 15.6 Å². The van der Waals surface area contributed by atoms with E-state index in [0.717, 1.165) is 25.7 Å². The molecular weight excluding hydrogens is 260 g/mol. The molecule has 20 heavy (non-hydrogen) atoms. The SMILES string of the molecule is COC(CN)CC(=O)N1C2CCC1CC(CC(=O)O)C2. The first-order chi connectivity index (χ1) is 9.55. The molecule has 3 N–H and O–H groups in total. The number of carbonyl (C=O) groups is 2. The van der Waals surface area contributed by atoms with Crippen LogP contribution < -0.4 is 5.73 Å². The van der Waals surface area contributed by atoms with Crippen molar-refractivity contribution in [3.05, 3.63) is 0 Å². The fourth-order valence-corrected chi connectivity index (χ4v) is 3.67. The van der Waals surface area contributed by atoms with Crippen LogP contribution in [0.5, 0.6) is 0 Å². The zero-order valence-electron chi connectivity index (χ0n) is 12.0. The van der Waals surface area contributed by atoms with Gasteiger partial charge in [-0.3, -0.25) is 9.59 Å². The number of amides is 1. The van der Waals surface area contributed by atoms with Gasteiger partial charge >= 0.3 is 5.97 Å². The molecule has 2 aliphatic heterocycles. The number of hydrogen-bond acceptors (Lipinski definition) is 4. The first-order valence-electron chi connectivity index (χ1n) is 7.31. The van der Waals surface area contributed by atoms with Crippen molar-refractivity contribution in [2.75, 3.05) is 13.7 Å². The number of methoxy groups -OCH3 is 1. The molecule has 2 heterocycles. The van der Waals surface area contributed by atoms with Crippen molar-refractivity contribution < 1.29 is 19.4 Å². The van der Waals surface area contributed by atoms with Gasteiger partial charge in [0.15, 0.2) is 0 Å². The van der Waals surface area contributed by atoms with Gasteiger partial charge in [-0.2, -0.15) is 0 Å². The van der Waals surface area contributed by atoms with E-state index in [1.807, 2.05) is 4.90 Å². The Hall–Kier alpha value is -1.14. The zero-order valence-corrected chi connectivity index (χ0v) is 12.0. The molecular formula is C14H24N2O4. The van der Waals surface area contributed by atoms with Gasteiger partial charge in [-0.25, -0.2) is 0 Å². The van der Waals surface area contributed by atoms with E-state index >= 15 is 0 Å². The van der Waals surface area contributed by atoms with E-state index in [9.17, 15) is 9.59 Å². The first kappa shape index (κ1) is 15.3. The Bertz CT molecular complexity index is 356. The van der Waals surface area contributed by atoms with Crippen LogP contribution in [-0.4, -0.2) is 53.7 Å². The number of fused-ring (bicyclic) bond motifs is 2. The minimum Gasteiger partial charge on any atom is -0.481 e. The maximum atomic E-state index is 12.4. The highest BCUT2D eigenvalue weighted by atomic mass is 16.5. The molecule has 0 aromatic rings. The Balaban J connectivity index is 1.95. The van der Waals surface area contributed by atoms with Gasteiger partial charge in [0.1, 0.15) is 0 Å². The lowest BCUT2D eigenvalue weighted by molar-refractivity contribution is -0.141. The second-order valence-electron chi connectivity index (χ2n) is 5.92. The van der Waals surface area contributed by atoms with Crippen LogP contribution in [0, 0.1) is 5.92 Å². The van der Waals surface area contributed by atoms with Crippen molar-refractivity contribution in [1.29, 1.82) is 0 Å². The number of carboxylic acid groups (broad SMARTS) is 1. The van der Waals surface area contributed by atoms with E-state index in [1.54, 1.807) is 7.11 Å². The molecule has 2 aliphatic rings. The minimum absolute atomic E-state index is 0.101. The summed E-state index contributed by atoms with van der Waals surface area (Å²) in [6, 6.07) is 0.418. The average Bonchev–Trinajstić information content (AvgIpc) is 2.67. The second kappa shape index (κ2) is 6.54. The van der Waals surface area contributed by atoms with Crippen LogP contribution >= 0.6 is 0 Å². The molecule has 0 aliphatic carbocycles. The third-order valence-electron chi connectivity index (χ3n) is 4.58. The Morgan fingerprint density at radius 3 is 2.40 bits per heavy atom. The lowest BCUT2D eigenvalue weighted by atomic mass is 9.88. The van der Waals surface area contributed by atoms with Gasteiger partial charge in [0, 0.05) is 32.2 Å². The smallest absolute Gasteiger partial charge is 0.303 e. The Kier molecular flexibility index (Phi) is 4.99. The summed E-state index contributed by atoms with van der Waals surface area (Å²) in [7, 11) is 1.57. The Labute approximate surface area is 119 Å². The minimum atomic E-state index is -0.739. The largest absolute Gasteiger partial charge is 0.481 e. The number of nitrogens with zero attached hydrogens (tertiary/aromatic N) is 1. The second-order valence-corrected chi connectivity index (χ2v) is 5.92. The van der Waals surface area contributed by atoms with Crippen LogP contribution in [0.3, 0.4) is 0 Å². The number of aliphatic carboxylic acids is 1. The van der Waals surface area contributed by atoms with Gasteiger partial charge in [-0.1, -0.05) is 0 Å². The lowest BCUT2D eigenvalue weighted by Gasteiger charge is -2.39. The fraction of sp³-hybridized carbons (Fsp3) is 0.857. The van der Waals surface area contributed by atoms with Crippen LogP contribution in [-0.2, 0) is 14.3 Å². The summed E-state index contributed by atoms with van der Waals surface area (Å²) in [5.41, 5.74) is 5.56. The van der Waals surface area contributed by atoms with Crippen molar-refractivity contribution in [2.24, 2.45) is 11.7 Å². The molecule has 0 aromatic carbocycles. The maximum Gasteiger partial charge on any atom is 0.303 e. The van der Waals surface area contributed by atoms with Crippen LogP contribution in [0.15, 0.2) is 0 Å². The molecule has 3 unspecified atom stereocenters. The normalized spacial score (nSPS) is 30.3. The molecule has 3 atom stereocenters. The van der Waals surface area contributed by atoms with Crippen LogP contribution in [0.4, 0.5) is 0 Å². The fourth-order valence-electron chi connectivity index (χ4n) is 3.67. The highest BCUT2D eigenvalue weighted by Crippen LogP contribution is 2.40. The first-order valence-corrected chi connectivity index (χ1v) is 7.31. The number of ether oxygens (including phenoxy) is 1. The quantitative estimate of drug-likeness (QED) is 0.745. The molecule has 2 bridgehead atoms. The van der Waals surface area contributed by atoms with Gasteiger partial charge in [0.25, 0.3) is 0 Å². The monoisotopic (exact) mass is 284 g/mol. The zero-order chi connectivity index (χ0) is 14.7. The Morgan fingerprint density at radius 1 is 1.35 bits per heavy atom. The van der Waals surface area contributed by atoms with E-state index in [2.05, 4.69) is 0 Å². The number of piperidine rings is 1. The number of nitrogens with two attached hydrogens (primary N) is 1. The molecule has 0 aromatic heterocycles. The average molecular weight is 284 g/mol. The van der Waals surface area contributed by atoms with Gasteiger partial charge < -0.3 is 20.5 Å². The molecule has 2 fully saturated rings. The standard InChI is InChI=1S/C14H24N2O4/c1-20-12(8-15)7-13(17)16-10-2-3-11(16)5-9(4-10)6-14(18)19/h9-12H,2-8,15H2,1H3,(H,18,19). The van der Waals surface area contributed by atoms with Crippen LogP contribution in [0.2, 0.25) is 0 Å². The van der Waals surface area contributed by atoms with Crippen LogP contribution in [0.1, 0.15) is 38.5 Å². The predicted octanol–water partition coefficient (Wildman–Crippen LogP) is 0.595. The topological polar surface area (TPSA) is 92.9 Å². The maximum absolute atomic E-state index is 12.4. The Morgan fingerprint density at radius 2 is 1.95 bits per heavy atom. The molecule has 1 amide bonds. The third kappa shape index (κ3) is 3.30. The van der Waals surface area contributed by atoms with Crippen LogP contribution in [0.25, 0.3) is 0 Å². The molecule has 0 spiro atoms. The van der Waals surface area contributed by atoms with Gasteiger partial charge in [-0.05, 0) is 31.6 Å². The number of carboxylic acids is 1. The summed E-state index contributed by atoms with van der Waals surface area (Å²) in [5, 5.41) is 8.91. The van der Waals surface area contributed by atoms with E-state index in [1.165, 1.54) is 0 Å². The number of hydrogen-bond donors (Lipinski definition) is 2. The molecule has 114 valence electrons. The number of carbonyl (C=O) groups excluding carboxylic acids is 1. The van der Waals surface area contributed by atoms with E-state index < -0.39 is 5.97 Å². The van der Waals surface area contributed by atoms with E-state index in [-0.39, 0.29) is 36.4 Å². The van der Waals surface area contributed by atoms with E-state index in [0.29, 0.717) is 13.0 Å². The molecule has 2 saturated heterocycles. The predicted molar refractivity (Wildman–Crippen MR) is 73.1 cm³/mol. The molecule has 0 radical (unpaired) electrons. The summed E-state index contributed by atoms with van der Waals surface area (Å²) in [4.78, 5) is 25.2. The molecule has 2 rings (SSSR count). The summed E-state index contributed by atoms with van der Waals surface area (Å²) in [5.74, 6) is -0.429. The summed E-state index contributed by atoms with van der Waals surface area (Å²) in [6.45, 7) is 0.340. The van der Waals surface area contributed by atoms with Crippen molar-refractivity contribution in [3.8, 4) is 0 Å². The van der Waals surface area contributed by atoms with Crippen molar-refractivity contribution >= 4 is 11.9 Å². The third-order valence-corrected chi connectivity index (χ3v) is 4.58. The highest BCUT2D eigenvalue weighted by Gasteiger charge is 2.43. The van der Waals surface area contributed by atoms with Gasteiger partial charge in [0.2, 0.25) is 5.91 Å². The molecule has 0 saturated carbocycles. The summed E-state index contributed by atoms with van der Waals surface area (Å²) < 4.78 is 5.18. The summed E-state index contributed by atoms with van der Waals surface area (Å²) >= 11 is 0. The molecule has 6 nitrogen and oxygen atoms in total.